The first-order valence-electron chi connectivity index (χ1n) is 8.77. The summed E-state index contributed by atoms with van der Waals surface area (Å²) in [6, 6.07) is 9.46. The summed E-state index contributed by atoms with van der Waals surface area (Å²) in [4.78, 5) is 23.5. The zero-order valence-electron chi connectivity index (χ0n) is 16.6. The molecule has 1 amide bonds. The molecule has 1 N–H and O–H groups in total. The lowest BCUT2D eigenvalue weighted by Crippen LogP contribution is -2.47. The largest absolute Gasteiger partial charge is 0.497 e. The summed E-state index contributed by atoms with van der Waals surface area (Å²) in [7, 11) is -2.43. The highest BCUT2D eigenvalue weighted by Gasteiger charge is 2.33. The monoisotopic (exact) mass is 421 g/mol. The molecule has 10 heteroatoms. The van der Waals surface area contributed by atoms with E-state index in [1.54, 1.807) is 38.1 Å². The van der Waals surface area contributed by atoms with E-state index in [9.17, 15) is 23.3 Å². The van der Waals surface area contributed by atoms with Gasteiger partial charge in [-0.25, -0.2) is 8.42 Å². The van der Waals surface area contributed by atoms with Crippen molar-refractivity contribution in [3.8, 4) is 5.75 Å². The van der Waals surface area contributed by atoms with Crippen LogP contribution < -0.4 is 14.4 Å². The number of benzene rings is 2. The molecule has 1 atom stereocenters. The minimum atomic E-state index is -3.92. The van der Waals surface area contributed by atoms with E-state index >= 15 is 0 Å². The lowest BCUT2D eigenvalue weighted by atomic mass is 10.1. The van der Waals surface area contributed by atoms with Crippen LogP contribution in [0.15, 0.2) is 42.5 Å². The van der Waals surface area contributed by atoms with Crippen molar-refractivity contribution in [2.45, 2.75) is 26.3 Å². The second-order valence-electron chi connectivity index (χ2n) is 6.43. The zero-order valence-corrected chi connectivity index (χ0v) is 17.4. The predicted octanol–water partition coefficient (Wildman–Crippen LogP) is 3.10. The number of anilines is 2. The number of rotatable bonds is 8. The van der Waals surface area contributed by atoms with Gasteiger partial charge in [0.1, 0.15) is 11.8 Å². The average molecular weight is 421 g/mol. The van der Waals surface area contributed by atoms with Crippen LogP contribution in [-0.2, 0) is 14.8 Å². The molecule has 0 aliphatic carbocycles. The van der Waals surface area contributed by atoms with Crippen molar-refractivity contribution in [3.05, 3.63) is 58.1 Å². The number of nitrogens with zero attached hydrogens (tertiary/aromatic N) is 2. The van der Waals surface area contributed by atoms with Gasteiger partial charge in [-0.3, -0.25) is 19.2 Å². The van der Waals surface area contributed by atoms with E-state index in [0.29, 0.717) is 17.0 Å². The summed E-state index contributed by atoms with van der Waals surface area (Å²) in [5, 5.41) is 13.8. The molecule has 156 valence electrons. The number of hydrogen-bond donors (Lipinski definition) is 1. The lowest BCUT2D eigenvalue weighted by molar-refractivity contribution is -0.384. The van der Waals surface area contributed by atoms with Gasteiger partial charge in [-0.05, 0) is 31.0 Å². The molecule has 0 spiro atoms. The summed E-state index contributed by atoms with van der Waals surface area (Å²) < 4.78 is 31.2. The van der Waals surface area contributed by atoms with Gasteiger partial charge in [0.2, 0.25) is 15.9 Å². The molecule has 0 radical (unpaired) electrons. The zero-order chi connectivity index (χ0) is 21.8. The van der Waals surface area contributed by atoms with Crippen LogP contribution in [0.4, 0.5) is 17.1 Å². The van der Waals surface area contributed by atoms with Gasteiger partial charge in [0.25, 0.3) is 5.69 Å². The van der Waals surface area contributed by atoms with Gasteiger partial charge in [-0.1, -0.05) is 19.1 Å². The first kappa shape index (κ1) is 22.2. The summed E-state index contributed by atoms with van der Waals surface area (Å²) in [6.45, 7) is 3.30. The highest BCUT2D eigenvalue weighted by molar-refractivity contribution is 7.92. The summed E-state index contributed by atoms with van der Waals surface area (Å²) in [5.74, 6) is -0.0255. The second-order valence-corrected chi connectivity index (χ2v) is 8.29. The van der Waals surface area contributed by atoms with Crippen molar-refractivity contribution in [2.75, 3.05) is 23.0 Å². The number of nitro benzene ring substituents is 1. The fourth-order valence-electron chi connectivity index (χ4n) is 2.91. The van der Waals surface area contributed by atoms with Gasteiger partial charge >= 0.3 is 0 Å². The van der Waals surface area contributed by atoms with E-state index in [-0.39, 0.29) is 17.8 Å². The molecule has 0 heterocycles. The molecular formula is C19H23N3O6S. The molecular weight excluding hydrogens is 398 g/mol. The van der Waals surface area contributed by atoms with E-state index in [1.807, 2.05) is 0 Å². The van der Waals surface area contributed by atoms with Crippen LogP contribution in [0.3, 0.4) is 0 Å². The molecule has 0 aromatic heterocycles. The van der Waals surface area contributed by atoms with Gasteiger partial charge in [0, 0.05) is 23.9 Å². The number of carbonyl (C=O) groups excluding carboxylic acids is 1. The van der Waals surface area contributed by atoms with Gasteiger partial charge in [0.05, 0.1) is 24.0 Å². The smallest absolute Gasteiger partial charge is 0.271 e. The van der Waals surface area contributed by atoms with E-state index in [0.717, 1.165) is 16.6 Å². The van der Waals surface area contributed by atoms with Crippen molar-refractivity contribution >= 4 is 33.0 Å². The van der Waals surface area contributed by atoms with Crippen molar-refractivity contribution in [2.24, 2.45) is 0 Å². The van der Waals surface area contributed by atoms with Gasteiger partial charge < -0.3 is 10.1 Å². The van der Waals surface area contributed by atoms with Gasteiger partial charge in [-0.15, -0.1) is 0 Å². The standard InChI is InChI=1S/C19H23N3O6S/c1-5-17(19(23)20-14-7-6-8-16(11-14)28-3)21(29(4,26)27)18-12-15(22(24)25)10-9-13(18)2/h6-12,17H,5H2,1-4H3,(H,20,23)/t17-/m1/s1. The molecule has 0 saturated carbocycles. The molecule has 0 aliphatic heterocycles. The third-order valence-corrected chi connectivity index (χ3v) is 5.47. The number of nitro groups is 1. The number of non-ortho nitro benzene ring substituents is 1. The summed E-state index contributed by atoms with van der Waals surface area (Å²) in [6.07, 6.45) is 1.12. The molecule has 0 saturated heterocycles. The number of amides is 1. The number of aryl methyl sites for hydroxylation is 1. The third-order valence-electron chi connectivity index (χ3n) is 4.31. The Balaban J connectivity index is 2.48. The maximum Gasteiger partial charge on any atom is 0.271 e. The molecule has 2 aromatic carbocycles. The fraction of sp³-hybridized carbons (Fsp3) is 0.316. The van der Waals surface area contributed by atoms with Crippen molar-refractivity contribution in [1.29, 1.82) is 0 Å². The Bertz CT molecular complexity index is 1020. The quantitative estimate of drug-likeness (QED) is 0.517. The van der Waals surface area contributed by atoms with Crippen molar-refractivity contribution in [3.63, 3.8) is 0 Å². The average Bonchev–Trinajstić information content (AvgIpc) is 2.65. The predicted molar refractivity (Wildman–Crippen MR) is 111 cm³/mol. The normalized spacial score (nSPS) is 12.1. The van der Waals surface area contributed by atoms with E-state index < -0.39 is 26.9 Å². The van der Waals surface area contributed by atoms with Crippen LogP contribution >= 0.6 is 0 Å². The maximum absolute atomic E-state index is 12.9. The van der Waals surface area contributed by atoms with Crippen molar-refractivity contribution < 1.29 is 22.9 Å². The van der Waals surface area contributed by atoms with E-state index in [2.05, 4.69) is 5.32 Å². The Morgan fingerprint density at radius 3 is 2.52 bits per heavy atom. The molecule has 29 heavy (non-hydrogen) atoms. The highest BCUT2D eigenvalue weighted by atomic mass is 32.2. The molecule has 2 aromatic rings. The SMILES string of the molecule is CC[C@H](C(=O)Nc1cccc(OC)c1)N(c1cc([N+](=O)[O-])ccc1C)S(C)(=O)=O. The molecule has 9 nitrogen and oxygen atoms in total. The molecule has 0 fully saturated rings. The van der Waals surface area contributed by atoms with Gasteiger partial charge in [0.15, 0.2) is 0 Å². The van der Waals surface area contributed by atoms with Crippen LogP contribution in [0.5, 0.6) is 5.75 Å². The Hall–Kier alpha value is -3.14. The molecule has 0 aliphatic rings. The van der Waals surface area contributed by atoms with Gasteiger partial charge in [-0.2, -0.15) is 0 Å². The van der Waals surface area contributed by atoms with Crippen LogP contribution in [0.2, 0.25) is 0 Å². The topological polar surface area (TPSA) is 119 Å². The number of sulfonamides is 1. The summed E-state index contributed by atoms with van der Waals surface area (Å²) >= 11 is 0. The Morgan fingerprint density at radius 2 is 1.97 bits per heavy atom. The number of hydrogen-bond acceptors (Lipinski definition) is 6. The molecule has 2 rings (SSSR count). The Kier molecular flexibility index (Phi) is 6.80. The number of nitrogens with one attached hydrogen (secondary N) is 1. The molecule has 0 bridgehead atoms. The number of methoxy groups -OCH3 is 1. The van der Waals surface area contributed by atoms with E-state index in [4.69, 9.17) is 4.74 Å². The first-order chi connectivity index (χ1) is 13.6. The minimum Gasteiger partial charge on any atom is -0.497 e. The number of ether oxygens (including phenoxy) is 1. The van der Waals surface area contributed by atoms with Crippen LogP contribution in [0, 0.1) is 17.0 Å². The molecule has 0 unspecified atom stereocenters. The first-order valence-corrected chi connectivity index (χ1v) is 10.6. The van der Waals surface area contributed by atoms with E-state index in [1.165, 1.54) is 19.2 Å². The summed E-state index contributed by atoms with van der Waals surface area (Å²) in [5.41, 5.74) is 0.766. The Morgan fingerprint density at radius 1 is 1.28 bits per heavy atom. The van der Waals surface area contributed by atoms with Crippen LogP contribution in [-0.4, -0.2) is 38.7 Å². The minimum absolute atomic E-state index is 0.0920. The maximum atomic E-state index is 12.9. The highest BCUT2D eigenvalue weighted by Crippen LogP contribution is 2.30. The second kappa shape index (κ2) is 8.91. The van der Waals surface area contributed by atoms with Crippen molar-refractivity contribution in [1.82, 2.24) is 0 Å². The number of carbonyl (C=O) groups is 1. The van der Waals surface area contributed by atoms with Crippen LogP contribution in [0.1, 0.15) is 18.9 Å². The Labute approximate surface area is 169 Å². The van der Waals surface area contributed by atoms with Crippen LogP contribution in [0.25, 0.3) is 0 Å². The lowest BCUT2D eigenvalue weighted by Gasteiger charge is -2.31. The fourth-order valence-corrected chi connectivity index (χ4v) is 4.17. The third kappa shape index (κ3) is 5.23.